The number of piperidine rings is 1. The zero-order chi connectivity index (χ0) is 6.43. The van der Waals surface area contributed by atoms with Crippen molar-refractivity contribution in [1.82, 2.24) is 4.90 Å². The van der Waals surface area contributed by atoms with E-state index in [9.17, 15) is 0 Å². The first-order valence-corrected chi connectivity index (χ1v) is 3.62. The molecule has 2 atom stereocenters. The molecule has 2 aliphatic rings. The van der Waals surface area contributed by atoms with E-state index < -0.39 is 0 Å². The minimum atomic E-state index is 0.420. The molecule has 2 fully saturated rings. The van der Waals surface area contributed by atoms with Gasteiger partial charge in [0, 0.05) is 19.7 Å². The van der Waals surface area contributed by atoms with Crippen molar-refractivity contribution in [3.05, 3.63) is 0 Å². The second-order valence-electron chi connectivity index (χ2n) is 3.40. The van der Waals surface area contributed by atoms with E-state index in [1.54, 1.807) is 0 Å². The molecule has 0 bridgehead atoms. The summed E-state index contributed by atoms with van der Waals surface area (Å²) in [6.45, 7) is 2.86. The van der Waals surface area contributed by atoms with Gasteiger partial charge in [0.25, 0.3) is 0 Å². The maximum absolute atomic E-state index is 8.78. The van der Waals surface area contributed by atoms with Crippen molar-refractivity contribution in [1.29, 1.82) is 0 Å². The summed E-state index contributed by atoms with van der Waals surface area (Å²) in [5, 5.41) is 8.78. The van der Waals surface area contributed by atoms with Gasteiger partial charge in [-0.25, -0.2) is 0 Å². The normalized spacial score (nSPS) is 49.3. The first-order chi connectivity index (χ1) is 4.33. The standard InChI is InChI=1S/C7H13NO/c1-8-2-5-6(3-8)7(5)4-9/h5-7,9H,2-4H2,1H3. The van der Waals surface area contributed by atoms with Crippen LogP contribution in [0.3, 0.4) is 0 Å². The van der Waals surface area contributed by atoms with Crippen LogP contribution in [0.25, 0.3) is 0 Å². The minimum Gasteiger partial charge on any atom is -0.396 e. The van der Waals surface area contributed by atoms with Crippen molar-refractivity contribution in [3.8, 4) is 0 Å². The second kappa shape index (κ2) is 1.70. The molecule has 0 aromatic heterocycles. The van der Waals surface area contributed by atoms with Gasteiger partial charge in [0.05, 0.1) is 0 Å². The lowest BCUT2D eigenvalue weighted by atomic mass is 10.3. The van der Waals surface area contributed by atoms with Crippen molar-refractivity contribution in [2.45, 2.75) is 0 Å². The quantitative estimate of drug-likeness (QED) is 0.526. The summed E-state index contributed by atoms with van der Waals surface area (Å²) in [6, 6.07) is 0. The minimum absolute atomic E-state index is 0.420. The van der Waals surface area contributed by atoms with Crippen molar-refractivity contribution >= 4 is 0 Å². The van der Waals surface area contributed by atoms with Crippen LogP contribution in [0.5, 0.6) is 0 Å². The van der Waals surface area contributed by atoms with Gasteiger partial charge < -0.3 is 10.0 Å². The zero-order valence-electron chi connectivity index (χ0n) is 5.75. The Balaban J connectivity index is 1.91. The lowest BCUT2D eigenvalue weighted by molar-refractivity contribution is 0.235. The molecule has 2 heteroatoms. The van der Waals surface area contributed by atoms with Gasteiger partial charge in [0.2, 0.25) is 0 Å². The predicted octanol–water partition coefficient (Wildman–Crippen LogP) is -0.214. The number of aliphatic hydroxyl groups is 1. The highest BCUT2D eigenvalue weighted by Gasteiger charge is 2.53. The van der Waals surface area contributed by atoms with Gasteiger partial charge >= 0.3 is 0 Å². The van der Waals surface area contributed by atoms with Crippen molar-refractivity contribution < 1.29 is 5.11 Å². The van der Waals surface area contributed by atoms with Gasteiger partial charge in [0.1, 0.15) is 0 Å². The first-order valence-electron chi connectivity index (χ1n) is 3.62. The Kier molecular flexibility index (Phi) is 1.08. The molecule has 1 N–H and O–H groups in total. The van der Waals surface area contributed by atoms with Crippen LogP contribution in [0.4, 0.5) is 0 Å². The molecule has 2 nitrogen and oxygen atoms in total. The maximum Gasteiger partial charge on any atom is 0.0465 e. The van der Waals surface area contributed by atoms with Crippen LogP contribution in [0.2, 0.25) is 0 Å². The third-order valence-electron chi connectivity index (χ3n) is 2.76. The fourth-order valence-corrected chi connectivity index (χ4v) is 2.13. The maximum atomic E-state index is 8.78. The van der Waals surface area contributed by atoms with E-state index in [2.05, 4.69) is 11.9 Å². The van der Waals surface area contributed by atoms with Crippen LogP contribution in [-0.2, 0) is 0 Å². The lowest BCUT2D eigenvalue weighted by Crippen LogP contribution is -2.19. The molecule has 0 radical (unpaired) electrons. The number of nitrogens with zero attached hydrogens (tertiary/aromatic N) is 1. The molecule has 2 rings (SSSR count). The van der Waals surface area contributed by atoms with Gasteiger partial charge in [-0.15, -0.1) is 0 Å². The first kappa shape index (κ1) is 5.69. The van der Waals surface area contributed by atoms with E-state index in [4.69, 9.17) is 5.11 Å². The Labute approximate surface area is 55.5 Å². The fourth-order valence-electron chi connectivity index (χ4n) is 2.13. The molecule has 0 amide bonds. The number of hydrogen-bond acceptors (Lipinski definition) is 2. The Morgan fingerprint density at radius 3 is 2.44 bits per heavy atom. The topological polar surface area (TPSA) is 23.5 Å². The van der Waals surface area contributed by atoms with Crippen molar-refractivity contribution in [2.75, 3.05) is 26.7 Å². The summed E-state index contributed by atoms with van der Waals surface area (Å²) in [5.74, 6) is 2.36. The van der Waals surface area contributed by atoms with Gasteiger partial charge in [0.15, 0.2) is 0 Å². The van der Waals surface area contributed by atoms with Gasteiger partial charge in [-0.2, -0.15) is 0 Å². The Hall–Kier alpha value is -0.0800. The number of hydrogen-bond donors (Lipinski definition) is 1. The van der Waals surface area contributed by atoms with Crippen LogP contribution in [0.1, 0.15) is 0 Å². The average molecular weight is 127 g/mol. The molecule has 0 aromatic carbocycles. The molecule has 9 heavy (non-hydrogen) atoms. The largest absolute Gasteiger partial charge is 0.396 e. The van der Waals surface area contributed by atoms with Crippen LogP contribution in [0.15, 0.2) is 0 Å². The number of rotatable bonds is 1. The van der Waals surface area contributed by atoms with E-state index in [0.29, 0.717) is 12.5 Å². The van der Waals surface area contributed by atoms with Crippen LogP contribution in [0, 0.1) is 17.8 Å². The summed E-state index contributed by atoms with van der Waals surface area (Å²) in [4.78, 5) is 2.35. The molecule has 1 saturated heterocycles. The third kappa shape index (κ3) is 0.700. The van der Waals surface area contributed by atoms with Gasteiger partial charge in [-0.1, -0.05) is 0 Å². The van der Waals surface area contributed by atoms with E-state index >= 15 is 0 Å². The molecule has 52 valence electrons. The fraction of sp³-hybridized carbons (Fsp3) is 1.00. The lowest BCUT2D eigenvalue weighted by Gasteiger charge is -2.10. The van der Waals surface area contributed by atoms with Crippen LogP contribution >= 0.6 is 0 Å². The number of aliphatic hydroxyl groups excluding tert-OH is 1. The summed E-state index contributed by atoms with van der Waals surface area (Å²) in [6.07, 6.45) is 0. The van der Waals surface area contributed by atoms with E-state index in [1.807, 2.05) is 0 Å². The highest BCUT2D eigenvalue weighted by Crippen LogP contribution is 2.50. The number of likely N-dealkylation sites (tertiary alicyclic amines) is 1. The van der Waals surface area contributed by atoms with Crippen molar-refractivity contribution in [2.24, 2.45) is 17.8 Å². The average Bonchev–Trinajstić information content (AvgIpc) is 2.30. The highest BCUT2D eigenvalue weighted by atomic mass is 16.3. The van der Waals surface area contributed by atoms with Crippen LogP contribution < -0.4 is 0 Å². The molecule has 2 unspecified atom stereocenters. The highest BCUT2D eigenvalue weighted by molar-refractivity contribution is 5.03. The molecular formula is C7H13NO. The van der Waals surface area contributed by atoms with Crippen molar-refractivity contribution in [3.63, 3.8) is 0 Å². The monoisotopic (exact) mass is 127 g/mol. The number of fused-ring (bicyclic) bond motifs is 1. The van der Waals surface area contributed by atoms with Gasteiger partial charge in [-0.05, 0) is 24.8 Å². The summed E-state index contributed by atoms with van der Waals surface area (Å²) in [5.41, 5.74) is 0. The Morgan fingerprint density at radius 1 is 1.44 bits per heavy atom. The molecule has 1 aliphatic heterocycles. The summed E-state index contributed by atoms with van der Waals surface area (Å²) in [7, 11) is 2.15. The molecule has 1 aliphatic carbocycles. The van der Waals surface area contributed by atoms with E-state index in [1.165, 1.54) is 13.1 Å². The molecule has 0 aromatic rings. The summed E-state index contributed by atoms with van der Waals surface area (Å²) >= 11 is 0. The predicted molar refractivity (Wildman–Crippen MR) is 35.1 cm³/mol. The SMILES string of the molecule is CN1CC2C(CO)C2C1. The second-order valence-corrected chi connectivity index (χ2v) is 3.40. The van der Waals surface area contributed by atoms with Crippen LogP contribution in [-0.4, -0.2) is 36.8 Å². The van der Waals surface area contributed by atoms with Gasteiger partial charge in [-0.3, -0.25) is 0 Å². The van der Waals surface area contributed by atoms with E-state index in [-0.39, 0.29) is 0 Å². The van der Waals surface area contributed by atoms with E-state index in [0.717, 1.165) is 11.8 Å². The molecular weight excluding hydrogens is 114 g/mol. The Morgan fingerprint density at radius 2 is 2.00 bits per heavy atom. The zero-order valence-corrected chi connectivity index (χ0v) is 5.75. The molecule has 0 spiro atoms. The molecule has 1 saturated carbocycles. The smallest absolute Gasteiger partial charge is 0.0465 e. The summed E-state index contributed by atoms with van der Waals surface area (Å²) < 4.78 is 0. The Bertz CT molecular complexity index is 114. The molecule has 1 heterocycles. The third-order valence-corrected chi connectivity index (χ3v) is 2.76.